The molecule has 0 unspecified atom stereocenters. The minimum atomic E-state index is -0.0591. The zero-order valence-corrected chi connectivity index (χ0v) is 16.9. The third-order valence-electron chi connectivity index (χ3n) is 4.52. The maximum atomic E-state index is 10.3. The Hall–Kier alpha value is -3.94. The number of anilines is 2. The molecule has 3 aromatic carbocycles. The number of phenols is 2. The van der Waals surface area contributed by atoms with Gasteiger partial charge in [-0.15, -0.1) is 15.3 Å². The molecular formula is C22H24N6O2. The summed E-state index contributed by atoms with van der Waals surface area (Å²) in [6.45, 7) is 5.77. The number of phenolic OH excluding ortho intramolecular Hbond substituents is 2. The Morgan fingerprint density at radius 2 is 1.43 bits per heavy atom. The Balaban J connectivity index is 1.82. The first-order valence-electron chi connectivity index (χ1n) is 9.60. The highest BCUT2D eigenvalue weighted by atomic mass is 16.3. The van der Waals surface area contributed by atoms with E-state index in [1.807, 2.05) is 32.0 Å². The average molecular weight is 404 g/mol. The summed E-state index contributed by atoms with van der Waals surface area (Å²) in [7, 11) is 0. The molecule has 4 N–H and O–H groups in total. The summed E-state index contributed by atoms with van der Waals surface area (Å²) in [4.78, 5) is 2.11. The van der Waals surface area contributed by atoms with Crippen LogP contribution in [-0.2, 0) is 0 Å². The number of azo groups is 2. The van der Waals surface area contributed by atoms with E-state index in [2.05, 4.69) is 25.4 Å². The van der Waals surface area contributed by atoms with Gasteiger partial charge in [0.2, 0.25) is 0 Å². The lowest BCUT2D eigenvalue weighted by Crippen LogP contribution is -2.21. The lowest BCUT2D eigenvalue weighted by Gasteiger charge is -2.21. The van der Waals surface area contributed by atoms with E-state index in [1.165, 1.54) is 6.07 Å². The average Bonchev–Trinajstić information content (AvgIpc) is 2.75. The Morgan fingerprint density at radius 1 is 0.733 bits per heavy atom. The van der Waals surface area contributed by atoms with Crippen molar-refractivity contribution < 1.29 is 10.2 Å². The zero-order chi connectivity index (χ0) is 21.5. The number of hydrogen-bond acceptors (Lipinski definition) is 8. The van der Waals surface area contributed by atoms with E-state index < -0.39 is 0 Å². The fourth-order valence-corrected chi connectivity index (χ4v) is 2.83. The van der Waals surface area contributed by atoms with Crippen LogP contribution in [0.1, 0.15) is 13.8 Å². The van der Waals surface area contributed by atoms with Gasteiger partial charge in [-0.25, -0.2) is 0 Å². The Labute approximate surface area is 175 Å². The molecule has 0 saturated heterocycles. The first-order valence-corrected chi connectivity index (χ1v) is 9.60. The molecule has 8 heteroatoms. The minimum Gasteiger partial charge on any atom is -0.506 e. The molecule has 0 bridgehead atoms. The molecule has 0 amide bonds. The van der Waals surface area contributed by atoms with Crippen LogP contribution in [0.25, 0.3) is 0 Å². The summed E-state index contributed by atoms with van der Waals surface area (Å²) in [5.74, 6) is -0.0470. The van der Waals surface area contributed by atoms with Crippen LogP contribution < -0.4 is 10.6 Å². The van der Waals surface area contributed by atoms with E-state index in [4.69, 9.17) is 5.73 Å². The summed E-state index contributed by atoms with van der Waals surface area (Å²) in [5.41, 5.74) is 8.81. The molecule has 8 nitrogen and oxygen atoms in total. The van der Waals surface area contributed by atoms with Crippen molar-refractivity contribution in [3.05, 3.63) is 60.7 Å². The first-order chi connectivity index (χ1) is 14.5. The fraction of sp³-hybridized carbons (Fsp3) is 0.182. The van der Waals surface area contributed by atoms with Gasteiger partial charge in [0, 0.05) is 24.8 Å². The highest BCUT2D eigenvalue weighted by molar-refractivity contribution is 5.64. The van der Waals surface area contributed by atoms with E-state index >= 15 is 0 Å². The van der Waals surface area contributed by atoms with Crippen molar-refractivity contribution in [2.45, 2.75) is 13.8 Å². The van der Waals surface area contributed by atoms with Crippen LogP contribution in [0.15, 0.2) is 81.1 Å². The molecule has 0 radical (unpaired) electrons. The summed E-state index contributed by atoms with van der Waals surface area (Å²) in [6.07, 6.45) is 0. The maximum absolute atomic E-state index is 10.3. The van der Waals surface area contributed by atoms with Crippen LogP contribution in [0, 0.1) is 0 Å². The van der Waals surface area contributed by atoms with E-state index in [0.29, 0.717) is 22.7 Å². The highest BCUT2D eigenvalue weighted by Crippen LogP contribution is 2.36. The number of benzene rings is 3. The molecule has 0 spiro atoms. The van der Waals surface area contributed by atoms with Crippen molar-refractivity contribution in [1.82, 2.24) is 0 Å². The molecule has 0 aromatic heterocycles. The number of nitrogen functional groups attached to an aromatic ring is 1. The van der Waals surface area contributed by atoms with Gasteiger partial charge in [0.25, 0.3) is 0 Å². The number of nitrogens with zero attached hydrogens (tertiary/aromatic N) is 5. The first kappa shape index (κ1) is 20.8. The summed E-state index contributed by atoms with van der Waals surface area (Å²) >= 11 is 0. The molecule has 3 rings (SSSR count). The van der Waals surface area contributed by atoms with Crippen molar-refractivity contribution in [3.8, 4) is 11.5 Å². The van der Waals surface area contributed by atoms with E-state index in [-0.39, 0.29) is 17.2 Å². The van der Waals surface area contributed by atoms with Gasteiger partial charge in [0.1, 0.15) is 28.6 Å². The second-order valence-electron chi connectivity index (χ2n) is 6.48. The van der Waals surface area contributed by atoms with Gasteiger partial charge in [0.05, 0.1) is 11.4 Å². The molecule has 0 fully saturated rings. The third-order valence-corrected chi connectivity index (χ3v) is 4.52. The minimum absolute atomic E-state index is 0.0121. The van der Waals surface area contributed by atoms with Crippen LogP contribution in [0.4, 0.5) is 34.1 Å². The molecule has 3 aromatic rings. The molecule has 0 aliphatic rings. The van der Waals surface area contributed by atoms with Gasteiger partial charge in [0.15, 0.2) is 0 Å². The molecule has 0 aliphatic carbocycles. The predicted octanol–water partition coefficient (Wildman–Crippen LogP) is 6.36. The molecule has 0 saturated carbocycles. The van der Waals surface area contributed by atoms with Crippen LogP contribution in [-0.4, -0.2) is 23.3 Å². The van der Waals surface area contributed by atoms with E-state index in [0.717, 1.165) is 18.8 Å². The molecule has 154 valence electrons. The topological polar surface area (TPSA) is 119 Å². The smallest absolute Gasteiger partial charge is 0.145 e. The Bertz CT molecular complexity index is 1080. The molecule has 30 heavy (non-hydrogen) atoms. The second kappa shape index (κ2) is 9.51. The van der Waals surface area contributed by atoms with Crippen molar-refractivity contribution >= 4 is 34.1 Å². The van der Waals surface area contributed by atoms with Gasteiger partial charge >= 0.3 is 0 Å². The molecule has 0 atom stereocenters. The predicted molar refractivity (Wildman–Crippen MR) is 119 cm³/mol. The van der Waals surface area contributed by atoms with Crippen LogP contribution in [0.3, 0.4) is 0 Å². The van der Waals surface area contributed by atoms with Crippen molar-refractivity contribution in [3.63, 3.8) is 0 Å². The highest BCUT2D eigenvalue weighted by Gasteiger charge is 2.07. The SMILES string of the molecule is CCN(CC)c1ccc(N=Nc2cc(N=Nc3ccccc3N)ccc2O)c(O)c1. The van der Waals surface area contributed by atoms with E-state index in [1.54, 1.807) is 36.4 Å². The number of aromatic hydroxyl groups is 2. The number of rotatable bonds is 7. The van der Waals surface area contributed by atoms with Gasteiger partial charge in [-0.05, 0) is 56.3 Å². The van der Waals surface area contributed by atoms with Crippen LogP contribution in [0.2, 0.25) is 0 Å². The summed E-state index contributed by atoms with van der Waals surface area (Å²) in [6, 6.07) is 16.9. The molecular weight excluding hydrogens is 380 g/mol. The lowest BCUT2D eigenvalue weighted by atomic mass is 10.2. The Kier molecular flexibility index (Phi) is 6.59. The largest absolute Gasteiger partial charge is 0.506 e. The van der Waals surface area contributed by atoms with Gasteiger partial charge < -0.3 is 20.8 Å². The Morgan fingerprint density at radius 3 is 2.13 bits per heavy atom. The van der Waals surface area contributed by atoms with Crippen molar-refractivity contribution in [2.24, 2.45) is 20.5 Å². The van der Waals surface area contributed by atoms with Gasteiger partial charge in [-0.1, -0.05) is 12.1 Å². The van der Waals surface area contributed by atoms with Crippen LogP contribution in [0.5, 0.6) is 11.5 Å². The number of nitrogens with two attached hydrogens (primary N) is 1. The quantitative estimate of drug-likeness (QED) is 0.313. The molecule has 0 aliphatic heterocycles. The van der Waals surface area contributed by atoms with E-state index in [9.17, 15) is 10.2 Å². The standard InChI is InChI=1S/C22H24N6O2/c1-3-28(4-2)16-10-11-19(22(30)14-16)26-27-20-13-15(9-12-21(20)29)24-25-18-8-6-5-7-17(18)23/h5-14,29-30H,3-4,23H2,1-2H3. The third kappa shape index (κ3) is 4.91. The van der Waals surface area contributed by atoms with Crippen molar-refractivity contribution in [2.75, 3.05) is 23.7 Å². The second-order valence-corrected chi connectivity index (χ2v) is 6.48. The molecule has 0 heterocycles. The monoisotopic (exact) mass is 404 g/mol. The fourth-order valence-electron chi connectivity index (χ4n) is 2.83. The van der Waals surface area contributed by atoms with Crippen molar-refractivity contribution in [1.29, 1.82) is 0 Å². The summed E-state index contributed by atoms with van der Waals surface area (Å²) in [5, 5.41) is 36.7. The zero-order valence-electron chi connectivity index (χ0n) is 16.9. The van der Waals surface area contributed by atoms with Gasteiger partial charge in [-0.2, -0.15) is 5.11 Å². The maximum Gasteiger partial charge on any atom is 0.145 e. The number of hydrogen-bond donors (Lipinski definition) is 3. The summed E-state index contributed by atoms with van der Waals surface area (Å²) < 4.78 is 0. The normalized spacial score (nSPS) is 11.4. The number of para-hydroxylation sites is 1. The lowest BCUT2D eigenvalue weighted by molar-refractivity contribution is 0.474. The van der Waals surface area contributed by atoms with Crippen LogP contribution >= 0.6 is 0 Å². The van der Waals surface area contributed by atoms with Gasteiger partial charge in [-0.3, -0.25) is 0 Å².